The standard InChI is InChI=1S/C17H25BN2O5/c1-12(21)9-15-5-6-16(18(23)25-15)20-17(22)11-13-3-2-4-14(10-13)24-8-7-19/h2-4,10,15-16,23H,5-9,11,19H2,1H3,(H,20,22)/t15-,16-/m0/s1. The molecule has 0 radical (unpaired) electrons. The summed E-state index contributed by atoms with van der Waals surface area (Å²) in [5, 5.41) is 12.8. The molecule has 0 spiro atoms. The number of hydrogen-bond acceptors (Lipinski definition) is 6. The second-order valence-electron chi connectivity index (χ2n) is 6.27. The second kappa shape index (κ2) is 9.55. The highest BCUT2D eigenvalue weighted by atomic mass is 16.5. The van der Waals surface area contributed by atoms with Crippen LogP contribution in [0.3, 0.4) is 0 Å². The van der Waals surface area contributed by atoms with Crippen molar-refractivity contribution in [3.8, 4) is 5.75 Å². The van der Waals surface area contributed by atoms with E-state index in [4.69, 9.17) is 15.1 Å². The third kappa shape index (κ3) is 6.49. The third-order valence-electron chi connectivity index (χ3n) is 3.99. The van der Waals surface area contributed by atoms with Crippen molar-refractivity contribution >= 4 is 18.8 Å². The molecule has 4 N–H and O–H groups in total. The van der Waals surface area contributed by atoms with Crippen molar-refractivity contribution in [2.24, 2.45) is 5.73 Å². The van der Waals surface area contributed by atoms with E-state index in [1.807, 2.05) is 18.2 Å². The molecule has 1 fully saturated rings. The summed E-state index contributed by atoms with van der Waals surface area (Å²) in [5.41, 5.74) is 6.22. The molecule has 136 valence electrons. The van der Waals surface area contributed by atoms with E-state index in [1.54, 1.807) is 6.07 Å². The Morgan fingerprint density at radius 2 is 2.24 bits per heavy atom. The van der Waals surface area contributed by atoms with Crippen LogP contribution < -0.4 is 15.8 Å². The van der Waals surface area contributed by atoms with Crippen LogP contribution in [0.15, 0.2) is 24.3 Å². The predicted molar refractivity (Wildman–Crippen MR) is 94.0 cm³/mol. The minimum Gasteiger partial charge on any atom is -0.492 e. The SMILES string of the molecule is CC(=O)C[C@@H]1CC[C@H](NC(=O)Cc2cccc(OCCN)c2)B(O)O1. The van der Waals surface area contributed by atoms with E-state index in [9.17, 15) is 14.6 Å². The maximum atomic E-state index is 12.2. The fourth-order valence-electron chi connectivity index (χ4n) is 2.85. The highest BCUT2D eigenvalue weighted by molar-refractivity contribution is 6.45. The molecule has 0 aliphatic carbocycles. The molecule has 1 aliphatic heterocycles. The molecule has 0 saturated carbocycles. The summed E-state index contributed by atoms with van der Waals surface area (Å²) in [6, 6.07) is 7.27. The van der Waals surface area contributed by atoms with Gasteiger partial charge in [-0.15, -0.1) is 0 Å². The maximum absolute atomic E-state index is 12.2. The van der Waals surface area contributed by atoms with E-state index in [-0.39, 0.29) is 30.6 Å². The molecular weight excluding hydrogens is 323 g/mol. The number of Topliss-reactive ketones (excluding diaryl/α,β-unsaturated/α-hetero) is 1. The minimum atomic E-state index is -1.10. The van der Waals surface area contributed by atoms with Crippen LogP contribution in [0.4, 0.5) is 0 Å². The Morgan fingerprint density at radius 1 is 1.44 bits per heavy atom. The average molecular weight is 348 g/mol. The van der Waals surface area contributed by atoms with Gasteiger partial charge < -0.3 is 25.5 Å². The van der Waals surface area contributed by atoms with Crippen molar-refractivity contribution in [2.45, 2.75) is 44.7 Å². The lowest BCUT2D eigenvalue weighted by Crippen LogP contribution is -2.53. The van der Waals surface area contributed by atoms with Crippen LogP contribution in [-0.2, 0) is 20.7 Å². The summed E-state index contributed by atoms with van der Waals surface area (Å²) in [4.78, 5) is 23.3. The van der Waals surface area contributed by atoms with Gasteiger partial charge in [-0.05, 0) is 37.5 Å². The summed E-state index contributed by atoms with van der Waals surface area (Å²) in [5.74, 6) is 0.0290. The van der Waals surface area contributed by atoms with Crippen LogP contribution in [0.25, 0.3) is 0 Å². The molecule has 1 aliphatic rings. The number of hydrogen-bond donors (Lipinski definition) is 3. The van der Waals surface area contributed by atoms with Crippen LogP contribution in [0.2, 0.25) is 0 Å². The quantitative estimate of drug-likeness (QED) is 0.580. The van der Waals surface area contributed by atoms with E-state index < -0.39 is 13.1 Å². The molecule has 2 atom stereocenters. The lowest BCUT2D eigenvalue weighted by atomic mass is 9.72. The number of carbonyl (C=O) groups is 2. The molecular formula is C17H25BN2O5. The first-order valence-corrected chi connectivity index (χ1v) is 8.52. The Kier molecular flexibility index (Phi) is 7.42. The number of amides is 1. The van der Waals surface area contributed by atoms with Crippen LogP contribution in [-0.4, -0.2) is 49.0 Å². The fourth-order valence-corrected chi connectivity index (χ4v) is 2.85. The highest BCUT2D eigenvalue weighted by Crippen LogP contribution is 2.19. The Bertz CT molecular complexity index is 598. The normalized spacial score (nSPS) is 20.2. The van der Waals surface area contributed by atoms with Gasteiger partial charge in [0.15, 0.2) is 0 Å². The Labute approximate surface area is 148 Å². The first kappa shape index (κ1) is 19.4. The number of carbonyl (C=O) groups excluding carboxylic acids is 2. The minimum absolute atomic E-state index is 0.0245. The van der Waals surface area contributed by atoms with Crippen molar-refractivity contribution in [3.63, 3.8) is 0 Å². The fraction of sp³-hybridized carbons (Fsp3) is 0.529. The van der Waals surface area contributed by atoms with Gasteiger partial charge in [-0.1, -0.05) is 12.1 Å². The molecule has 0 aromatic heterocycles. The third-order valence-corrected chi connectivity index (χ3v) is 3.99. The average Bonchev–Trinajstić information content (AvgIpc) is 2.55. The molecule has 1 amide bonds. The Balaban J connectivity index is 1.83. The van der Waals surface area contributed by atoms with Gasteiger partial charge >= 0.3 is 7.12 Å². The zero-order valence-electron chi connectivity index (χ0n) is 14.4. The largest absolute Gasteiger partial charge is 0.492 e. The molecule has 0 unspecified atom stereocenters. The number of nitrogens with two attached hydrogens (primary N) is 1. The van der Waals surface area contributed by atoms with Gasteiger partial charge in [0.2, 0.25) is 5.91 Å². The Hall–Kier alpha value is -1.90. The van der Waals surface area contributed by atoms with Gasteiger partial charge in [0.05, 0.1) is 12.4 Å². The topological polar surface area (TPSA) is 111 Å². The van der Waals surface area contributed by atoms with E-state index in [1.165, 1.54) is 6.92 Å². The number of benzene rings is 1. The number of ether oxygens (including phenoxy) is 1. The van der Waals surface area contributed by atoms with Gasteiger partial charge in [-0.25, -0.2) is 0 Å². The van der Waals surface area contributed by atoms with Gasteiger partial charge in [-0.2, -0.15) is 0 Å². The van der Waals surface area contributed by atoms with Crippen LogP contribution >= 0.6 is 0 Å². The van der Waals surface area contributed by atoms with E-state index in [0.29, 0.717) is 31.7 Å². The van der Waals surface area contributed by atoms with Crippen molar-refractivity contribution in [1.82, 2.24) is 5.32 Å². The molecule has 1 heterocycles. The van der Waals surface area contributed by atoms with E-state index in [0.717, 1.165) is 5.56 Å². The highest BCUT2D eigenvalue weighted by Gasteiger charge is 2.36. The zero-order valence-corrected chi connectivity index (χ0v) is 14.4. The molecule has 7 nitrogen and oxygen atoms in total. The zero-order chi connectivity index (χ0) is 18.2. The van der Waals surface area contributed by atoms with Crippen molar-refractivity contribution in [2.75, 3.05) is 13.2 Å². The number of nitrogens with one attached hydrogen (secondary N) is 1. The Morgan fingerprint density at radius 3 is 2.92 bits per heavy atom. The molecule has 8 heteroatoms. The van der Waals surface area contributed by atoms with Crippen molar-refractivity contribution in [1.29, 1.82) is 0 Å². The molecule has 2 rings (SSSR count). The molecule has 1 aromatic carbocycles. The predicted octanol–water partition coefficient (Wildman–Crippen LogP) is 0.229. The molecule has 25 heavy (non-hydrogen) atoms. The maximum Gasteiger partial charge on any atom is 0.478 e. The molecule has 1 aromatic rings. The van der Waals surface area contributed by atoms with Crippen molar-refractivity contribution < 1.29 is 24.0 Å². The van der Waals surface area contributed by atoms with Gasteiger partial charge in [0.25, 0.3) is 0 Å². The van der Waals surface area contributed by atoms with Gasteiger partial charge in [0, 0.05) is 19.1 Å². The van der Waals surface area contributed by atoms with Crippen LogP contribution in [0.1, 0.15) is 31.7 Å². The van der Waals surface area contributed by atoms with Gasteiger partial charge in [0.1, 0.15) is 18.1 Å². The van der Waals surface area contributed by atoms with E-state index >= 15 is 0 Å². The molecule has 0 bridgehead atoms. The summed E-state index contributed by atoms with van der Waals surface area (Å²) in [7, 11) is -1.10. The molecule has 1 saturated heterocycles. The first-order chi connectivity index (χ1) is 12.0. The summed E-state index contributed by atoms with van der Waals surface area (Å²) < 4.78 is 10.9. The first-order valence-electron chi connectivity index (χ1n) is 8.52. The number of rotatable bonds is 8. The van der Waals surface area contributed by atoms with Crippen LogP contribution in [0, 0.1) is 0 Å². The van der Waals surface area contributed by atoms with Gasteiger partial charge in [-0.3, -0.25) is 9.59 Å². The second-order valence-corrected chi connectivity index (χ2v) is 6.27. The summed E-state index contributed by atoms with van der Waals surface area (Å²) in [6.07, 6.45) is 1.39. The monoisotopic (exact) mass is 348 g/mol. The van der Waals surface area contributed by atoms with Crippen LogP contribution in [0.5, 0.6) is 5.75 Å². The summed E-state index contributed by atoms with van der Waals surface area (Å²) in [6.45, 7) is 2.34. The number of ketones is 1. The smallest absolute Gasteiger partial charge is 0.478 e. The lowest BCUT2D eigenvalue weighted by molar-refractivity contribution is -0.122. The summed E-state index contributed by atoms with van der Waals surface area (Å²) >= 11 is 0. The van der Waals surface area contributed by atoms with Crippen molar-refractivity contribution in [3.05, 3.63) is 29.8 Å². The lowest BCUT2D eigenvalue weighted by Gasteiger charge is -2.31. The van der Waals surface area contributed by atoms with E-state index in [2.05, 4.69) is 5.32 Å².